The van der Waals surface area contributed by atoms with Gasteiger partial charge in [0.2, 0.25) is 5.17 Å². The number of nitrogens with zero attached hydrogens (tertiary/aromatic N) is 4. The summed E-state index contributed by atoms with van der Waals surface area (Å²) in [6.07, 6.45) is 9.23. The summed E-state index contributed by atoms with van der Waals surface area (Å²) in [4.78, 5) is 16.9. The van der Waals surface area contributed by atoms with Gasteiger partial charge in [-0.15, -0.1) is 0 Å². The van der Waals surface area contributed by atoms with Crippen LogP contribution in [0.4, 0.5) is 4.39 Å². The molecule has 6 nitrogen and oxygen atoms in total. The highest BCUT2D eigenvalue weighted by molar-refractivity contribution is 8.27. The highest BCUT2D eigenvalue weighted by Gasteiger charge is 2.38. The molecule has 1 aliphatic carbocycles. The molecular weight excluding hydrogens is 401 g/mol. The molecule has 1 amide bonds. The second-order valence-corrected chi connectivity index (χ2v) is 8.56. The number of amidine groups is 2. The lowest BCUT2D eigenvalue weighted by molar-refractivity contribution is -0.114. The van der Waals surface area contributed by atoms with Crippen LogP contribution in [0.5, 0.6) is 0 Å². The highest BCUT2D eigenvalue weighted by Crippen LogP contribution is 2.36. The van der Waals surface area contributed by atoms with E-state index in [1.807, 2.05) is 12.1 Å². The third kappa shape index (κ3) is 3.41. The van der Waals surface area contributed by atoms with Gasteiger partial charge in [0, 0.05) is 23.5 Å². The molecule has 30 heavy (non-hydrogen) atoms. The van der Waals surface area contributed by atoms with Crippen LogP contribution >= 0.6 is 11.8 Å². The molecule has 0 radical (unpaired) electrons. The van der Waals surface area contributed by atoms with Crippen LogP contribution in [0, 0.1) is 17.1 Å². The molecule has 1 aromatic carbocycles. The summed E-state index contributed by atoms with van der Waals surface area (Å²) in [6, 6.07) is 9.85. The van der Waals surface area contributed by atoms with Gasteiger partial charge in [0.05, 0.1) is 5.57 Å². The van der Waals surface area contributed by atoms with E-state index in [9.17, 15) is 9.18 Å². The number of amides is 1. The molecule has 0 saturated heterocycles. The van der Waals surface area contributed by atoms with Crippen molar-refractivity contribution in [1.29, 1.82) is 5.41 Å². The standard InChI is InChI=1S/C22H20FN5OS/c23-15-8-4-9-16(12-15)27-11-5-10-17(27)13-18-19(24)28-22(25-20(18)29)30-21(26-28)14-6-2-1-3-7-14/h4-5,8-14,24H,1-3,6-7H2/b18-13-,24-19?. The summed E-state index contributed by atoms with van der Waals surface area (Å²) in [6.45, 7) is 0. The van der Waals surface area contributed by atoms with Crippen molar-refractivity contribution in [3.05, 3.63) is 59.7 Å². The highest BCUT2D eigenvalue weighted by atomic mass is 32.2. The average Bonchev–Trinajstić information content (AvgIpc) is 3.39. The van der Waals surface area contributed by atoms with Gasteiger partial charge < -0.3 is 4.57 Å². The predicted molar refractivity (Wildman–Crippen MR) is 117 cm³/mol. The summed E-state index contributed by atoms with van der Waals surface area (Å²) in [5, 5.41) is 16.1. The Morgan fingerprint density at radius 2 is 2.00 bits per heavy atom. The molecule has 1 aromatic heterocycles. The minimum absolute atomic E-state index is 0.0234. The van der Waals surface area contributed by atoms with E-state index in [1.54, 1.807) is 29.0 Å². The maximum atomic E-state index is 13.7. The van der Waals surface area contributed by atoms with Gasteiger partial charge in [-0.2, -0.15) is 15.1 Å². The second kappa shape index (κ2) is 7.68. The van der Waals surface area contributed by atoms with Crippen LogP contribution in [-0.4, -0.2) is 31.5 Å². The lowest BCUT2D eigenvalue weighted by Crippen LogP contribution is -2.35. The Hall–Kier alpha value is -3.00. The molecule has 5 rings (SSSR count). The molecule has 2 aliphatic heterocycles. The average molecular weight is 422 g/mol. The molecule has 0 unspecified atom stereocenters. The van der Waals surface area contributed by atoms with Crippen molar-refractivity contribution in [1.82, 2.24) is 9.58 Å². The Morgan fingerprint density at radius 3 is 2.80 bits per heavy atom. The summed E-state index contributed by atoms with van der Waals surface area (Å²) in [5.41, 5.74) is 1.47. The quantitative estimate of drug-likeness (QED) is 0.723. The number of hydrazone groups is 1. The van der Waals surface area contributed by atoms with Crippen LogP contribution in [0.3, 0.4) is 0 Å². The molecule has 152 valence electrons. The van der Waals surface area contributed by atoms with Crippen LogP contribution in [0.2, 0.25) is 0 Å². The van der Waals surface area contributed by atoms with E-state index in [0.29, 0.717) is 22.5 Å². The lowest BCUT2D eigenvalue weighted by atomic mass is 9.90. The van der Waals surface area contributed by atoms with Gasteiger partial charge in [-0.05, 0) is 61.0 Å². The normalized spacial score (nSPS) is 21.1. The third-order valence-corrected chi connectivity index (χ3v) is 6.65. The summed E-state index contributed by atoms with van der Waals surface area (Å²) in [5.74, 6) is -0.382. The fourth-order valence-corrected chi connectivity index (χ4v) is 5.10. The number of rotatable bonds is 3. The fraction of sp³-hybridized carbons (Fsp3) is 0.273. The first kappa shape index (κ1) is 19.0. The van der Waals surface area contributed by atoms with E-state index in [0.717, 1.165) is 17.9 Å². The fourth-order valence-electron chi connectivity index (χ4n) is 4.04. The molecule has 3 aliphatic rings. The maximum absolute atomic E-state index is 13.7. The minimum atomic E-state index is -0.453. The molecule has 1 N–H and O–H groups in total. The number of carbonyl (C=O) groups is 1. The smallest absolute Gasteiger partial charge is 0.283 e. The number of nitrogens with one attached hydrogen (secondary N) is 1. The maximum Gasteiger partial charge on any atom is 0.283 e. The predicted octanol–water partition coefficient (Wildman–Crippen LogP) is 4.82. The number of carbonyl (C=O) groups excluding carboxylic acids is 1. The summed E-state index contributed by atoms with van der Waals surface area (Å²) < 4.78 is 15.4. The van der Waals surface area contributed by atoms with Gasteiger partial charge in [-0.25, -0.2) is 4.39 Å². The molecule has 3 heterocycles. The van der Waals surface area contributed by atoms with E-state index in [4.69, 9.17) is 5.41 Å². The Balaban J connectivity index is 1.47. The van der Waals surface area contributed by atoms with Crippen LogP contribution in [0.1, 0.15) is 37.8 Å². The van der Waals surface area contributed by atoms with E-state index in [-0.39, 0.29) is 17.2 Å². The van der Waals surface area contributed by atoms with Crippen molar-refractivity contribution < 1.29 is 9.18 Å². The van der Waals surface area contributed by atoms with Crippen molar-refractivity contribution >= 4 is 39.8 Å². The molecule has 2 aromatic rings. The van der Waals surface area contributed by atoms with E-state index < -0.39 is 5.91 Å². The van der Waals surface area contributed by atoms with Gasteiger partial charge in [0.15, 0.2) is 5.84 Å². The van der Waals surface area contributed by atoms with Gasteiger partial charge in [0.25, 0.3) is 5.91 Å². The third-order valence-electron chi connectivity index (χ3n) is 5.58. The Kier molecular flexibility index (Phi) is 4.86. The van der Waals surface area contributed by atoms with Gasteiger partial charge in [-0.3, -0.25) is 10.2 Å². The van der Waals surface area contributed by atoms with Crippen LogP contribution in [0.15, 0.2) is 58.3 Å². The van der Waals surface area contributed by atoms with Crippen molar-refractivity contribution in [2.75, 3.05) is 0 Å². The number of halogens is 1. The SMILES string of the molecule is N=C1/C(=C/c2cccn2-c2cccc(F)c2)C(=O)N=C2SC(C3CCCCC3)=NN12. The number of thioether (sulfide) groups is 1. The van der Waals surface area contributed by atoms with Crippen molar-refractivity contribution in [2.24, 2.45) is 16.0 Å². The molecule has 0 spiro atoms. The first-order valence-electron chi connectivity index (χ1n) is 10.0. The van der Waals surface area contributed by atoms with Crippen molar-refractivity contribution in [3.63, 3.8) is 0 Å². The Labute approximate surface area is 177 Å². The number of fused-ring (bicyclic) bond motifs is 1. The van der Waals surface area contributed by atoms with E-state index in [2.05, 4.69) is 10.1 Å². The molecular formula is C22H20FN5OS. The zero-order valence-electron chi connectivity index (χ0n) is 16.2. The monoisotopic (exact) mass is 421 g/mol. The first-order valence-corrected chi connectivity index (χ1v) is 10.9. The van der Waals surface area contributed by atoms with Crippen LogP contribution in [-0.2, 0) is 4.79 Å². The lowest BCUT2D eigenvalue weighted by Gasteiger charge is -2.20. The van der Waals surface area contributed by atoms with Crippen molar-refractivity contribution in [3.8, 4) is 5.69 Å². The topological polar surface area (TPSA) is 73.8 Å². The Morgan fingerprint density at radius 1 is 1.17 bits per heavy atom. The zero-order valence-corrected chi connectivity index (χ0v) is 17.0. The van der Waals surface area contributed by atoms with Gasteiger partial charge in [0.1, 0.15) is 10.9 Å². The Bertz CT molecular complexity index is 1130. The molecule has 8 heteroatoms. The zero-order chi connectivity index (χ0) is 20.7. The molecule has 0 bridgehead atoms. The summed E-state index contributed by atoms with van der Waals surface area (Å²) in [7, 11) is 0. The summed E-state index contributed by atoms with van der Waals surface area (Å²) >= 11 is 1.41. The number of hydrogen-bond donors (Lipinski definition) is 1. The number of hydrogen-bond acceptors (Lipinski definition) is 4. The van der Waals surface area contributed by atoms with Crippen LogP contribution < -0.4 is 0 Å². The molecule has 1 saturated carbocycles. The number of benzene rings is 1. The van der Waals surface area contributed by atoms with E-state index >= 15 is 0 Å². The first-order chi connectivity index (χ1) is 14.6. The largest absolute Gasteiger partial charge is 0.317 e. The molecule has 1 fully saturated rings. The number of aliphatic imine (C=N–C) groups is 1. The van der Waals surface area contributed by atoms with Crippen LogP contribution in [0.25, 0.3) is 11.8 Å². The van der Waals surface area contributed by atoms with Gasteiger partial charge >= 0.3 is 0 Å². The van der Waals surface area contributed by atoms with Gasteiger partial charge in [-0.1, -0.05) is 25.3 Å². The van der Waals surface area contributed by atoms with E-state index in [1.165, 1.54) is 48.2 Å². The second-order valence-electron chi connectivity index (χ2n) is 7.58. The minimum Gasteiger partial charge on any atom is -0.317 e. The number of aromatic nitrogens is 1. The molecule has 0 atom stereocenters. The van der Waals surface area contributed by atoms with Crippen molar-refractivity contribution in [2.45, 2.75) is 32.1 Å².